The van der Waals surface area contributed by atoms with Gasteiger partial charge in [-0.25, -0.2) is 9.78 Å². The lowest BCUT2D eigenvalue weighted by Crippen LogP contribution is -2.12. The van der Waals surface area contributed by atoms with Crippen LogP contribution < -0.4 is 5.32 Å². The smallest absolute Gasteiger partial charge is 0.407 e. The number of carbonyl (C=O) groups excluding carboxylic acids is 1. The second kappa shape index (κ2) is 3.63. The second-order valence-corrected chi connectivity index (χ2v) is 3.58. The van der Waals surface area contributed by atoms with Crippen LogP contribution in [0.1, 0.15) is 11.7 Å². The summed E-state index contributed by atoms with van der Waals surface area (Å²) in [5.74, 6) is 0. The lowest BCUT2D eigenvalue weighted by molar-refractivity contribution is 0.141. The topological polar surface area (TPSA) is 51.2 Å². The van der Waals surface area contributed by atoms with E-state index in [0.29, 0.717) is 11.6 Å². The maximum atomic E-state index is 10.8. The highest BCUT2D eigenvalue weighted by atomic mass is 35.5. The monoisotopic (exact) mass is 232 g/mol. The van der Waals surface area contributed by atoms with E-state index in [1.165, 1.54) is 0 Å². The molecule has 14 heavy (non-hydrogen) atoms. The molecule has 1 aliphatic rings. The lowest BCUT2D eigenvalue weighted by Gasteiger charge is -2.07. The van der Waals surface area contributed by atoms with Crippen LogP contribution in [0.4, 0.5) is 4.79 Å². The Morgan fingerprint density at radius 3 is 2.93 bits per heavy atom. The summed E-state index contributed by atoms with van der Waals surface area (Å²) in [6.45, 7) is 0.429. The Bertz CT molecular complexity index is 384. The van der Waals surface area contributed by atoms with Crippen molar-refractivity contribution in [2.75, 3.05) is 6.54 Å². The van der Waals surface area contributed by atoms with E-state index in [1.807, 2.05) is 0 Å². The molecule has 1 N–H and O–H groups in total. The average Bonchev–Trinajstić information content (AvgIpc) is 2.57. The van der Waals surface area contributed by atoms with Gasteiger partial charge >= 0.3 is 6.09 Å². The van der Waals surface area contributed by atoms with Gasteiger partial charge in [-0.1, -0.05) is 23.2 Å². The number of cyclic esters (lactones) is 1. The molecule has 0 saturated carbocycles. The number of nitrogens with one attached hydrogen (secondary N) is 1. The van der Waals surface area contributed by atoms with Gasteiger partial charge < -0.3 is 10.1 Å². The highest BCUT2D eigenvalue weighted by Gasteiger charge is 2.24. The number of hydrogen-bond acceptors (Lipinski definition) is 3. The van der Waals surface area contributed by atoms with E-state index in [4.69, 9.17) is 27.9 Å². The molecule has 1 unspecified atom stereocenters. The number of pyridine rings is 1. The van der Waals surface area contributed by atoms with Crippen LogP contribution >= 0.6 is 23.2 Å². The predicted octanol–water partition coefficient (Wildman–Crippen LogP) is 2.17. The molecule has 74 valence electrons. The Labute approximate surface area is 90.2 Å². The fourth-order valence-corrected chi connectivity index (χ4v) is 1.46. The van der Waals surface area contributed by atoms with Crippen LogP contribution in [-0.2, 0) is 4.74 Å². The third-order valence-electron chi connectivity index (χ3n) is 1.87. The minimum absolute atomic E-state index is 0.243. The molecule has 0 spiro atoms. The maximum absolute atomic E-state index is 10.8. The van der Waals surface area contributed by atoms with Crippen LogP contribution in [0.15, 0.2) is 12.3 Å². The Morgan fingerprint density at radius 1 is 1.57 bits per heavy atom. The molecule has 1 amide bonds. The van der Waals surface area contributed by atoms with Gasteiger partial charge in [0.05, 0.1) is 11.6 Å². The number of amides is 1. The highest BCUT2D eigenvalue weighted by Crippen LogP contribution is 2.26. The first kappa shape index (κ1) is 9.55. The molecule has 2 rings (SSSR count). The zero-order chi connectivity index (χ0) is 10.1. The van der Waals surface area contributed by atoms with E-state index in [1.54, 1.807) is 12.3 Å². The normalized spacial score (nSPS) is 20.4. The van der Waals surface area contributed by atoms with E-state index in [0.717, 1.165) is 5.56 Å². The maximum Gasteiger partial charge on any atom is 0.407 e. The summed E-state index contributed by atoms with van der Waals surface area (Å²) < 4.78 is 4.95. The first-order valence-electron chi connectivity index (χ1n) is 3.92. The van der Waals surface area contributed by atoms with Crippen LogP contribution in [0.3, 0.4) is 0 Å². The molecule has 0 bridgehead atoms. The minimum atomic E-state index is -0.430. The molecule has 1 aliphatic heterocycles. The molecule has 1 atom stereocenters. The fourth-order valence-electron chi connectivity index (χ4n) is 1.19. The number of rotatable bonds is 1. The van der Waals surface area contributed by atoms with Gasteiger partial charge in [-0.15, -0.1) is 0 Å². The van der Waals surface area contributed by atoms with Crippen molar-refractivity contribution in [3.63, 3.8) is 0 Å². The molecular weight excluding hydrogens is 227 g/mol. The van der Waals surface area contributed by atoms with Crippen molar-refractivity contribution in [1.82, 2.24) is 10.3 Å². The van der Waals surface area contributed by atoms with Gasteiger partial charge in [-0.3, -0.25) is 0 Å². The van der Waals surface area contributed by atoms with E-state index in [9.17, 15) is 4.79 Å². The van der Waals surface area contributed by atoms with Crippen LogP contribution in [0.5, 0.6) is 0 Å². The number of halogens is 2. The zero-order valence-corrected chi connectivity index (χ0v) is 8.47. The number of nitrogens with zero attached hydrogens (tertiary/aromatic N) is 1. The number of ether oxygens (including phenoxy) is 1. The molecule has 1 aromatic rings. The third kappa shape index (κ3) is 1.76. The molecule has 6 heteroatoms. The lowest BCUT2D eigenvalue weighted by atomic mass is 10.2. The van der Waals surface area contributed by atoms with Crippen LogP contribution in [0.25, 0.3) is 0 Å². The van der Waals surface area contributed by atoms with Gasteiger partial charge in [0, 0.05) is 11.8 Å². The SMILES string of the molecule is O=C1NCC(c2cnc(Cl)c(Cl)c2)O1. The first-order chi connectivity index (χ1) is 6.66. The van der Waals surface area contributed by atoms with Crippen molar-refractivity contribution in [2.24, 2.45) is 0 Å². The van der Waals surface area contributed by atoms with E-state index < -0.39 is 6.09 Å². The Kier molecular flexibility index (Phi) is 2.48. The average molecular weight is 233 g/mol. The van der Waals surface area contributed by atoms with E-state index >= 15 is 0 Å². The van der Waals surface area contributed by atoms with Crippen molar-refractivity contribution >= 4 is 29.3 Å². The van der Waals surface area contributed by atoms with Gasteiger partial charge in [0.1, 0.15) is 11.3 Å². The predicted molar refractivity (Wildman–Crippen MR) is 51.5 cm³/mol. The Morgan fingerprint density at radius 2 is 2.36 bits per heavy atom. The third-order valence-corrected chi connectivity index (χ3v) is 2.56. The van der Waals surface area contributed by atoms with Crippen molar-refractivity contribution in [1.29, 1.82) is 0 Å². The van der Waals surface area contributed by atoms with E-state index in [-0.39, 0.29) is 11.3 Å². The largest absolute Gasteiger partial charge is 0.439 e. The van der Waals surface area contributed by atoms with Crippen molar-refractivity contribution in [2.45, 2.75) is 6.10 Å². The zero-order valence-electron chi connectivity index (χ0n) is 6.96. The van der Waals surface area contributed by atoms with Crippen molar-refractivity contribution < 1.29 is 9.53 Å². The van der Waals surface area contributed by atoms with Crippen LogP contribution in [-0.4, -0.2) is 17.6 Å². The molecule has 0 radical (unpaired) electrons. The minimum Gasteiger partial charge on any atom is -0.439 e. The molecule has 0 aromatic carbocycles. The number of carbonyl (C=O) groups is 1. The second-order valence-electron chi connectivity index (χ2n) is 2.82. The molecule has 1 saturated heterocycles. The quantitative estimate of drug-likeness (QED) is 0.756. The van der Waals surface area contributed by atoms with Gasteiger partial charge in [-0.05, 0) is 6.07 Å². The Balaban J connectivity index is 2.24. The molecule has 4 nitrogen and oxygen atoms in total. The summed E-state index contributed by atoms with van der Waals surface area (Å²) in [5.41, 5.74) is 0.734. The standard InChI is InChI=1S/C8H6Cl2N2O2/c9-5-1-4(2-11-7(5)10)6-3-12-8(13)14-6/h1-2,6H,3H2,(H,12,13). The Hall–Kier alpha value is -1.00. The number of hydrogen-bond donors (Lipinski definition) is 1. The number of aromatic nitrogens is 1. The molecule has 2 heterocycles. The van der Waals surface area contributed by atoms with Gasteiger partial charge in [0.2, 0.25) is 0 Å². The summed E-state index contributed by atoms with van der Waals surface area (Å²) in [4.78, 5) is 14.6. The van der Waals surface area contributed by atoms with Crippen LogP contribution in [0.2, 0.25) is 10.2 Å². The summed E-state index contributed by atoms with van der Waals surface area (Å²) in [6, 6.07) is 1.64. The summed E-state index contributed by atoms with van der Waals surface area (Å²) in [7, 11) is 0. The molecule has 0 aliphatic carbocycles. The molecule has 1 fully saturated rings. The van der Waals surface area contributed by atoms with Gasteiger partial charge in [0.25, 0.3) is 0 Å². The summed E-state index contributed by atoms with van der Waals surface area (Å²) in [6.07, 6.45) is 0.782. The van der Waals surface area contributed by atoms with Gasteiger partial charge in [0.15, 0.2) is 0 Å². The molecular formula is C8H6Cl2N2O2. The van der Waals surface area contributed by atoms with E-state index in [2.05, 4.69) is 10.3 Å². The van der Waals surface area contributed by atoms with Gasteiger partial charge in [-0.2, -0.15) is 0 Å². The summed E-state index contributed by atoms with van der Waals surface area (Å²) in [5, 5.41) is 3.13. The van der Waals surface area contributed by atoms with Crippen molar-refractivity contribution in [3.05, 3.63) is 28.0 Å². The van der Waals surface area contributed by atoms with Crippen LogP contribution in [0, 0.1) is 0 Å². The van der Waals surface area contributed by atoms with Crippen molar-refractivity contribution in [3.8, 4) is 0 Å². The fraction of sp³-hybridized carbons (Fsp3) is 0.250. The first-order valence-corrected chi connectivity index (χ1v) is 4.68. The summed E-state index contributed by atoms with van der Waals surface area (Å²) >= 11 is 11.4. The highest BCUT2D eigenvalue weighted by molar-refractivity contribution is 6.41. The number of alkyl carbamates (subject to hydrolysis) is 1. The molecule has 1 aromatic heterocycles.